The number of aliphatic hydroxyl groups excluding tert-OH is 1. The van der Waals surface area contributed by atoms with Gasteiger partial charge >= 0.3 is 0 Å². The van der Waals surface area contributed by atoms with E-state index in [9.17, 15) is 9.50 Å². The second-order valence-electron chi connectivity index (χ2n) is 4.44. The molecule has 0 saturated carbocycles. The molecule has 0 unspecified atom stereocenters. The number of aromatic nitrogens is 2. The fourth-order valence-electron chi connectivity index (χ4n) is 1.80. The number of halogens is 2. The molecule has 2 aromatic heterocycles. The molecule has 0 spiro atoms. The first-order valence-corrected chi connectivity index (χ1v) is 6.62. The second-order valence-corrected chi connectivity index (χ2v) is 4.88. The van der Waals surface area contributed by atoms with E-state index in [-0.39, 0.29) is 23.4 Å². The van der Waals surface area contributed by atoms with Crippen LogP contribution in [0.3, 0.4) is 0 Å². The van der Waals surface area contributed by atoms with E-state index in [0.29, 0.717) is 13.0 Å². The number of aliphatic hydroxyl groups is 1. The van der Waals surface area contributed by atoms with Crippen LogP contribution in [0.1, 0.15) is 5.69 Å². The van der Waals surface area contributed by atoms with Crippen LogP contribution in [0.15, 0.2) is 36.7 Å². The fraction of sp³-hybridized carbons (Fsp3) is 0.286. The summed E-state index contributed by atoms with van der Waals surface area (Å²) in [5.41, 5.74) is 0.887. The molecule has 106 valence electrons. The highest BCUT2D eigenvalue weighted by atomic mass is 35.5. The van der Waals surface area contributed by atoms with Gasteiger partial charge in [-0.3, -0.25) is 4.98 Å². The lowest BCUT2D eigenvalue weighted by molar-refractivity contribution is 0.231. The predicted molar refractivity (Wildman–Crippen MR) is 76.2 cm³/mol. The van der Waals surface area contributed by atoms with Gasteiger partial charge in [-0.1, -0.05) is 17.7 Å². The first kappa shape index (κ1) is 14.7. The summed E-state index contributed by atoms with van der Waals surface area (Å²) in [7, 11) is 0. The minimum absolute atomic E-state index is 0.0151. The van der Waals surface area contributed by atoms with E-state index in [4.69, 9.17) is 11.6 Å². The Morgan fingerprint density at radius 2 is 2.20 bits per heavy atom. The molecular weight excluding hydrogens is 281 g/mol. The van der Waals surface area contributed by atoms with Crippen LogP contribution in [0.5, 0.6) is 0 Å². The zero-order valence-corrected chi connectivity index (χ0v) is 11.5. The number of hydrogen-bond donors (Lipinski definition) is 2. The van der Waals surface area contributed by atoms with Crippen LogP contribution < -0.4 is 5.32 Å². The van der Waals surface area contributed by atoms with Crippen LogP contribution in [-0.2, 0) is 6.42 Å². The van der Waals surface area contributed by atoms with E-state index in [1.807, 2.05) is 18.2 Å². The number of pyridine rings is 2. The Morgan fingerprint density at radius 3 is 2.85 bits per heavy atom. The van der Waals surface area contributed by atoms with Gasteiger partial charge in [-0.15, -0.1) is 0 Å². The number of rotatable bonds is 6. The number of hydrogen-bond acceptors (Lipinski definition) is 4. The summed E-state index contributed by atoms with van der Waals surface area (Å²) < 4.78 is 13.5. The highest BCUT2D eigenvalue weighted by Crippen LogP contribution is 2.16. The topological polar surface area (TPSA) is 58.0 Å². The molecule has 20 heavy (non-hydrogen) atoms. The molecule has 0 fully saturated rings. The lowest BCUT2D eigenvalue weighted by Crippen LogP contribution is -2.21. The summed E-state index contributed by atoms with van der Waals surface area (Å²) in [6.45, 7) is 0.386. The van der Waals surface area contributed by atoms with Crippen LogP contribution >= 0.6 is 11.6 Å². The largest absolute Gasteiger partial charge is 0.396 e. The van der Waals surface area contributed by atoms with Gasteiger partial charge in [0.05, 0.1) is 5.02 Å². The molecule has 2 aromatic rings. The number of nitrogens with one attached hydrogen (secondary N) is 1. The van der Waals surface area contributed by atoms with Crippen molar-refractivity contribution in [2.75, 3.05) is 18.5 Å². The SMILES string of the molecule is OC[C@@H](CNc1ncc(Cl)cc1F)Cc1ccccn1. The molecule has 0 saturated heterocycles. The molecular formula is C14H15ClFN3O. The van der Waals surface area contributed by atoms with E-state index in [0.717, 1.165) is 5.69 Å². The Bertz CT molecular complexity index is 553. The van der Waals surface area contributed by atoms with E-state index in [1.165, 1.54) is 12.3 Å². The van der Waals surface area contributed by atoms with Crippen LogP contribution in [0.2, 0.25) is 5.02 Å². The molecule has 2 heterocycles. The Kier molecular flexibility index (Phi) is 5.26. The highest BCUT2D eigenvalue weighted by Gasteiger charge is 2.11. The normalized spacial score (nSPS) is 12.2. The lowest BCUT2D eigenvalue weighted by atomic mass is 10.0. The van der Waals surface area contributed by atoms with Gasteiger partial charge in [0.15, 0.2) is 11.6 Å². The molecule has 4 nitrogen and oxygen atoms in total. The van der Waals surface area contributed by atoms with Crippen LogP contribution in [0, 0.1) is 11.7 Å². The van der Waals surface area contributed by atoms with Crippen molar-refractivity contribution in [1.82, 2.24) is 9.97 Å². The van der Waals surface area contributed by atoms with E-state index >= 15 is 0 Å². The van der Waals surface area contributed by atoms with Crippen molar-refractivity contribution in [1.29, 1.82) is 0 Å². The summed E-state index contributed by atoms with van der Waals surface area (Å²) in [6.07, 6.45) is 3.69. The van der Waals surface area contributed by atoms with Gasteiger partial charge in [-0.25, -0.2) is 9.37 Å². The van der Waals surface area contributed by atoms with E-state index in [1.54, 1.807) is 6.20 Å². The van der Waals surface area contributed by atoms with Crippen molar-refractivity contribution in [2.24, 2.45) is 5.92 Å². The van der Waals surface area contributed by atoms with Gasteiger partial charge in [-0.05, 0) is 24.6 Å². The number of nitrogens with zero attached hydrogens (tertiary/aromatic N) is 2. The van der Waals surface area contributed by atoms with Gasteiger partial charge in [0.1, 0.15) is 0 Å². The van der Waals surface area contributed by atoms with Crippen molar-refractivity contribution in [3.05, 3.63) is 53.2 Å². The van der Waals surface area contributed by atoms with Gasteiger partial charge in [0, 0.05) is 37.2 Å². The van der Waals surface area contributed by atoms with Gasteiger partial charge in [0.25, 0.3) is 0 Å². The lowest BCUT2D eigenvalue weighted by Gasteiger charge is -2.15. The quantitative estimate of drug-likeness (QED) is 0.860. The maximum absolute atomic E-state index is 13.5. The van der Waals surface area contributed by atoms with E-state index < -0.39 is 5.82 Å². The first-order chi connectivity index (χ1) is 9.69. The zero-order chi connectivity index (χ0) is 14.4. The highest BCUT2D eigenvalue weighted by molar-refractivity contribution is 6.30. The first-order valence-electron chi connectivity index (χ1n) is 6.24. The third kappa shape index (κ3) is 4.15. The third-order valence-electron chi connectivity index (χ3n) is 2.85. The summed E-state index contributed by atoms with van der Waals surface area (Å²) in [5, 5.41) is 12.5. The number of anilines is 1. The Balaban J connectivity index is 1.93. The molecule has 2 rings (SSSR count). The summed E-state index contributed by atoms with van der Waals surface area (Å²) in [4.78, 5) is 8.08. The Morgan fingerprint density at radius 1 is 1.35 bits per heavy atom. The molecule has 0 aromatic carbocycles. The minimum atomic E-state index is -0.507. The Hall–Kier alpha value is -1.72. The molecule has 0 aliphatic heterocycles. The zero-order valence-electron chi connectivity index (χ0n) is 10.8. The van der Waals surface area contributed by atoms with Crippen molar-refractivity contribution in [3.63, 3.8) is 0 Å². The smallest absolute Gasteiger partial charge is 0.166 e. The van der Waals surface area contributed by atoms with Crippen molar-refractivity contribution in [2.45, 2.75) is 6.42 Å². The van der Waals surface area contributed by atoms with Gasteiger partial charge in [0.2, 0.25) is 0 Å². The monoisotopic (exact) mass is 295 g/mol. The molecule has 0 radical (unpaired) electrons. The van der Waals surface area contributed by atoms with Crippen LogP contribution in [-0.4, -0.2) is 28.2 Å². The maximum atomic E-state index is 13.5. The Labute approximate surface area is 121 Å². The molecule has 2 N–H and O–H groups in total. The van der Waals surface area contributed by atoms with Crippen LogP contribution in [0.4, 0.5) is 10.2 Å². The molecule has 0 amide bonds. The molecule has 0 aliphatic rings. The molecule has 0 aliphatic carbocycles. The van der Waals surface area contributed by atoms with Gasteiger partial charge < -0.3 is 10.4 Å². The summed E-state index contributed by atoms with van der Waals surface area (Å²) in [5.74, 6) is -0.442. The second kappa shape index (κ2) is 7.17. The maximum Gasteiger partial charge on any atom is 0.166 e. The fourth-order valence-corrected chi connectivity index (χ4v) is 1.95. The molecule has 6 heteroatoms. The van der Waals surface area contributed by atoms with E-state index in [2.05, 4.69) is 15.3 Å². The average molecular weight is 296 g/mol. The minimum Gasteiger partial charge on any atom is -0.396 e. The summed E-state index contributed by atoms with van der Waals surface area (Å²) >= 11 is 5.64. The standard InChI is InChI=1S/C14H15ClFN3O/c15-11-6-13(16)14(19-8-11)18-7-10(9-20)5-12-3-1-2-4-17-12/h1-4,6,8,10,20H,5,7,9H2,(H,18,19)/t10-/m1/s1. The molecule has 1 atom stereocenters. The van der Waals surface area contributed by atoms with Gasteiger partial charge in [-0.2, -0.15) is 0 Å². The predicted octanol–water partition coefficient (Wildman–Crippen LogP) is 2.53. The van der Waals surface area contributed by atoms with Crippen LogP contribution in [0.25, 0.3) is 0 Å². The summed E-state index contributed by atoms with van der Waals surface area (Å²) in [6, 6.07) is 6.82. The molecule has 0 bridgehead atoms. The van der Waals surface area contributed by atoms with Crippen molar-refractivity contribution in [3.8, 4) is 0 Å². The van der Waals surface area contributed by atoms with Crippen molar-refractivity contribution >= 4 is 17.4 Å². The third-order valence-corrected chi connectivity index (χ3v) is 3.05. The average Bonchev–Trinajstić information content (AvgIpc) is 2.46. The van der Waals surface area contributed by atoms with Crippen molar-refractivity contribution < 1.29 is 9.50 Å².